The van der Waals surface area contributed by atoms with E-state index in [1.807, 2.05) is 24.3 Å². The zero-order chi connectivity index (χ0) is 13.8. The lowest BCUT2D eigenvalue weighted by molar-refractivity contribution is 0.546. The minimum atomic E-state index is 0.694. The Kier molecular flexibility index (Phi) is 3.87. The number of hydrogen-bond acceptors (Lipinski definition) is 5. The van der Waals surface area contributed by atoms with Crippen LogP contribution in [0.3, 0.4) is 0 Å². The summed E-state index contributed by atoms with van der Waals surface area (Å²) in [6.07, 6.45) is 5.85. The highest BCUT2D eigenvalue weighted by molar-refractivity contribution is 5.58. The van der Waals surface area contributed by atoms with Gasteiger partial charge in [0.25, 0.3) is 0 Å². The van der Waals surface area contributed by atoms with Crippen LogP contribution in [0, 0.1) is 5.92 Å². The van der Waals surface area contributed by atoms with Gasteiger partial charge in [-0.25, -0.2) is 0 Å². The monoisotopic (exact) mass is 269 g/mol. The van der Waals surface area contributed by atoms with Crippen LogP contribution in [0.1, 0.15) is 12.8 Å². The summed E-state index contributed by atoms with van der Waals surface area (Å²) in [7, 11) is 0. The molecule has 1 aliphatic rings. The first kappa shape index (κ1) is 13.0. The SMILES string of the molecule is NCCC1CCN(c2ccc(-c3cccnc3)nn2)C1. The second-order valence-electron chi connectivity index (χ2n) is 5.20. The average molecular weight is 269 g/mol. The van der Waals surface area contributed by atoms with E-state index in [4.69, 9.17) is 5.73 Å². The van der Waals surface area contributed by atoms with Gasteiger partial charge in [-0.15, -0.1) is 10.2 Å². The molecule has 5 heteroatoms. The Morgan fingerprint density at radius 1 is 1.25 bits per heavy atom. The highest BCUT2D eigenvalue weighted by Gasteiger charge is 2.22. The van der Waals surface area contributed by atoms with Gasteiger partial charge in [0.2, 0.25) is 0 Å². The molecule has 2 N–H and O–H groups in total. The number of hydrogen-bond donors (Lipinski definition) is 1. The van der Waals surface area contributed by atoms with E-state index >= 15 is 0 Å². The van der Waals surface area contributed by atoms with Crippen molar-refractivity contribution in [3.05, 3.63) is 36.7 Å². The quantitative estimate of drug-likeness (QED) is 0.915. The van der Waals surface area contributed by atoms with Gasteiger partial charge in [-0.1, -0.05) is 0 Å². The van der Waals surface area contributed by atoms with E-state index in [9.17, 15) is 0 Å². The van der Waals surface area contributed by atoms with E-state index in [-0.39, 0.29) is 0 Å². The van der Waals surface area contributed by atoms with Gasteiger partial charge in [0.05, 0.1) is 5.69 Å². The molecule has 3 rings (SSSR count). The molecule has 3 heterocycles. The van der Waals surface area contributed by atoms with Crippen molar-refractivity contribution in [3.63, 3.8) is 0 Å². The summed E-state index contributed by atoms with van der Waals surface area (Å²) >= 11 is 0. The van der Waals surface area contributed by atoms with Crippen LogP contribution in [0.25, 0.3) is 11.3 Å². The fourth-order valence-corrected chi connectivity index (χ4v) is 2.67. The third-order valence-corrected chi connectivity index (χ3v) is 3.79. The van der Waals surface area contributed by atoms with Crippen molar-refractivity contribution >= 4 is 5.82 Å². The summed E-state index contributed by atoms with van der Waals surface area (Å²) in [5.41, 5.74) is 7.48. The normalized spacial score (nSPS) is 18.4. The van der Waals surface area contributed by atoms with Crippen molar-refractivity contribution in [2.24, 2.45) is 11.7 Å². The summed E-state index contributed by atoms with van der Waals surface area (Å²) < 4.78 is 0. The van der Waals surface area contributed by atoms with Gasteiger partial charge < -0.3 is 10.6 Å². The molecule has 1 atom stereocenters. The topological polar surface area (TPSA) is 67.9 Å². The largest absolute Gasteiger partial charge is 0.355 e. The molecule has 20 heavy (non-hydrogen) atoms. The molecule has 0 radical (unpaired) electrons. The van der Waals surface area contributed by atoms with Crippen molar-refractivity contribution in [1.82, 2.24) is 15.2 Å². The van der Waals surface area contributed by atoms with Crippen molar-refractivity contribution in [3.8, 4) is 11.3 Å². The van der Waals surface area contributed by atoms with Crippen LogP contribution in [0.5, 0.6) is 0 Å². The number of anilines is 1. The summed E-state index contributed by atoms with van der Waals surface area (Å²) in [6.45, 7) is 2.85. The standard InChI is InChI=1S/C15H19N5/c16-7-5-12-6-9-20(11-12)15-4-3-14(18-19-15)13-2-1-8-17-10-13/h1-4,8,10,12H,5-7,9,11,16H2. The van der Waals surface area contributed by atoms with Gasteiger partial charge >= 0.3 is 0 Å². The predicted octanol–water partition coefficient (Wildman–Crippen LogP) is 1.71. The number of rotatable bonds is 4. The lowest BCUT2D eigenvalue weighted by Crippen LogP contribution is -2.21. The van der Waals surface area contributed by atoms with E-state index in [0.29, 0.717) is 5.92 Å². The molecular weight excluding hydrogens is 250 g/mol. The van der Waals surface area contributed by atoms with Crippen LogP contribution in [0.4, 0.5) is 5.82 Å². The molecule has 0 aliphatic carbocycles. The molecule has 1 unspecified atom stereocenters. The first-order valence-corrected chi connectivity index (χ1v) is 7.06. The molecule has 5 nitrogen and oxygen atoms in total. The van der Waals surface area contributed by atoms with Gasteiger partial charge in [0.15, 0.2) is 5.82 Å². The Morgan fingerprint density at radius 3 is 2.90 bits per heavy atom. The van der Waals surface area contributed by atoms with Crippen molar-refractivity contribution in [2.45, 2.75) is 12.8 Å². The Labute approximate surface area is 118 Å². The zero-order valence-electron chi connectivity index (χ0n) is 11.4. The van der Waals surface area contributed by atoms with E-state index < -0.39 is 0 Å². The van der Waals surface area contributed by atoms with Crippen molar-refractivity contribution in [2.75, 3.05) is 24.5 Å². The second-order valence-corrected chi connectivity index (χ2v) is 5.20. The minimum Gasteiger partial charge on any atom is -0.355 e. The molecule has 2 aromatic heterocycles. The summed E-state index contributed by atoms with van der Waals surface area (Å²) in [5, 5.41) is 8.66. The van der Waals surface area contributed by atoms with Crippen LogP contribution in [-0.4, -0.2) is 34.8 Å². The lowest BCUT2D eigenvalue weighted by atomic mass is 10.1. The van der Waals surface area contributed by atoms with Crippen LogP contribution in [-0.2, 0) is 0 Å². The Bertz CT molecular complexity index is 540. The maximum absolute atomic E-state index is 5.62. The molecule has 1 fully saturated rings. The molecule has 0 aromatic carbocycles. The average Bonchev–Trinajstić information content (AvgIpc) is 2.97. The van der Waals surface area contributed by atoms with Crippen LogP contribution in [0.15, 0.2) is 36.7 Å². The zero-order valence-corrected chi connectivity index (χ0v) is 11.4. The fraction of sp³-hybridized carbons (Fsp3) is 0.400. The van der Waals surface area contributed by atoms with Crippen molar-refractivity contribution < 1.29 is 0 Å². The molecular formula is C15H19N5. The highest BCUT2D eigenvalue weighted by atomic mass is 15.3. The predicted molar refractivity (Wildman–Crippen MR) is 79.3 cm³/mol. The van der Waals surface area contributed by atoms with E-state index in [1.165, 1.54) is 6.42 Å². The third kappa shape index (κ3) is 2.77. The van der Waals surface area contributed by atoms with E-state index in [1.54, 1.807) is 12.4 Å². The number of pyridine rings is 1. The maximum Gasteiger partial charge on any atom is 0.151 e. The molecule has 1 saturated heterocycles. The molecule has 0 spiro atoms. The molecule has 0 amide bonds. The molecule has 0 saturated carbocycles. The minimum absolute atomic E-state index is 0.694. The van der Waals surface area contributed by atoms with E-state index in [0.717, 1.165) is 43.1 Å². The van der Waals surface area contributed by atoms with Gasteiger partial charge in [-0.3, -0.25) is 4.98 Å². The van der Waals surface area contributed by atoms with Gasteiger partial charge in [0, 0.05) is 31.0 Å². The fourth-order valence-electron chi connectivity index (χ4n) is 2.67. The van der Waals surface area contributed by atoms with Crippen LogP contribution < -0.4 is 10.6 Å². The first-order valence-electron chi connectivity index (χ1n) is 7.06. The lowest BCUT2D eigenvalue weighted by Gasteiger charge is -2.16. The van der Waals surface area contributed by atoms with Gasteiger partial charge in [-0.2, -0.15) is 0 Å². The smallest absolute Gasteiger partial charge is 0.151 e. The Hall–Kier alpha value is -2.01. The van der Waals surface area contributed by atoms with Crippen LogP contribution >= 0.6 is 0 Å². The van der Waals surface area contributed by atoms with Crippen molar-refractivity contribution in [1.29, 1.82) is 0 Å². The highest BCUT2D eigenvalue weighted by Crippen LogP contribution is 2.24. The molecule has 0 bridgehead atoms. The summed E-state index contributed by atoms with van der Waals surface area (Å²) in [6, 6.07) is 7.95. The number of nitrogens with two attached hydrogens (primary N) is 1. The number of nitrogens with zero attached hydrogens (tertiary/aromatic N) is 4. The molecule has 1 aliphatic heterocycles. The first-order chi connectivity index (χ1) is 9.86. The maximum atomic E-state index is 5.62. The Morgan fingerprint density at radius 2 is 2.20 bits per heavy atom. The molecule has 104 valence electrons. The third-order valence-electron chi connectivity index (χ3n) is 3.79. The summed E-state index contributed by atoms with van der Waals surface area (Å²) in [5.74, 6) is 1.65. The second kappa shape index (κ2) is 5.96. The summed E-state index contributed by atoms with van der Waals surface area (Å²) in [4.78, 5) is 6.39. The van der Waals surface area contributed by atoms with Gasteiger partial charge in [0.1, 0.15) is 0 Å². The van der Waals surface area contributed by atoms with Crippen LogP contribution in [0.2, 0.25) is 0 Å². The Balaban J connectivity index is 1.71. The van der Waals surface area contributed by atoms with Gasteiger partial charge in [-0.05, 0) is 49.6 Å². The molecule has 2 aromatic rings. The van der Waals surface area contributed by atoms with E-state index in [2.05, 4.69) is 20.1 Å². The number of aromatic nitrogens is 3.